The molecule has 0 N–H and O–H groups in total. The molecular formula is C25H25F5N2O5. The van der Waals surface area contributed by atoms with Crippen molar-refractivity contribution in [3.8, 4) is 11.5 Å². The zero-order valence-corrected chi connectivity index (χ0v) is 19.9. The highest BCUT2D eigenvalue weighted by Gasteiger charge is 2.53. The first-order valence-corrected chi connectivity index (χ1v) is 11.8. The lowest BCUT2D eigenvalue weighted by Gasteiger charge is -2.41. The standard InChI is InChI=1S/C25H25F5N2O5/c1-34-18-9-16(5-6-17(18)35-13-15-10-23(26,27)11-15)22(33)32-8-7-24(21(12-32)36-14-37-24)19-3-2-4-20(31-19)25(28,29)30/h2-6,9,15,21H,7-8,10-14H2,1H3. The summed E-state index contributed by atoms with van der Waals surface area (Å²) >= 11 is 0. The van der Waals surface area contributed by atoms with E-state index >= 15 is 0 Å². The lowest BCUT2D eigenvalue weighted by molar-refractivity contribution is -0.141. The number of pyridine rings is 1. The molecule has 3 heterocycles. The third-order valence-electron chi connectivity index (χ3n) is 7.07. The van der Waals surface area contributed by atoms with Crippen molar-refractivity contribution in [1.82, 2.24) is 9.88 Å². The van der Waals surface area contributed by atoms with Gasteiger partial charge in [0.15, 0.2) is 11.5 Å². The summed E-state index contributed by atoms with van der Waals surface area (Å²) in [5.74, 6) is -2.57. The summed E-state index contributed by atoms with van der Waals surface area (Å²) in [7, 11) is 1.41. The number of hydrogen-bond acceptors (Lipinski definition) is 6. The molecule has 0 bridgehead atoms. The number of ether oxygens (including phenoxy) is 4. The number of carbonyl (C=O) groups excluding carboxylic acids is 1. The van der Waals surface area contributed by atoms with Gasteiger partial charge < -0.3 is 23.8 Å². The summed E-state index contributed by atoms with van der Waals surface area (Å²) in [5.41, 5.74) is -1.79. The Hall–Kier alpha value is -2.99. The first-order valence-electron chi connectivity index (χ1n) is 11.8. The maximum Gasteiger partial charge on any atom is 0.433 e. The van der Waals surface area contributed by atoms with E-state index < -0.39 is 29.5 Å². The molecule has 5 rings (SSSR count). The topological polar surface area (TPSA) is 70.1 Å². The number of fused-ring (bicyclic) bond motifs is 1. The van der Waals surface area contributed by atoms with Crippen molar-refractivity contribution in [2.24, 2.45) is 5.92 Å². The van der Waals surface area contributed by atoms with Crippen LogP contribution in [0.3, 0.4) is 0 Å². The van der Waals surface area contributed by atoms with Gasteiger partial charge in [0.1, 0.15) is 24.2 Å². The van der Waals surface area contributed by atoms with Gasteiger partial charge in [-0.15, -0.1) is 0 Å². The number of nitrogens with zero attached hydrogens (tertiary/aromatic N) is 2. The molecule has 2 atom stereocenters. The molecule has 2 saturated heterocycles. The molecule has 1 aromatic heterocycles. The zero-order chi connectivity index (χ0) is 26.4. The van der Waals surface area contributed by atoms with E-state index in [0.717, 1.165) is 6.07 Å². The molecule has 0 spiro atoms. The number of alkyl halides is 5. The fraction of sp³-hybridized carbons (Fsp3) is 0.520. The van der Waals surface area contributed by atoms with Crippen LogP contribution in [-0.4, -0.2) is 61.4 Å². The van der Waals surface area contributed by atoms with Crippen LogP contribution in [-0.2, 0) is 21.3 Å². The van der Waals surface area contributed by atoms with E-state index in [1.165, 1.54) is 30.2 Å². The van der Waals surface area contributed by atoms with E-state index in [-0.39, 0.29) is 69.0 Å². The van der Waals surface area contributed by atoms with Crippen molar-refractivity contribution in [2.75, 3.05) is 33.6 Å². The van der Waals surface area contributed by atoms with Crippen molar-refractivity contribution in [3.05, 3.63) is 53.3 Å². The zero-order valence-electron chi connectivity index (χ0n) is 19.9. The third kappa shape index (κ3) is 4.96. The molecule has 0 radical (unpaired) electrons. The second-order valence-electron chi connectivity index (χ2n) is 9.52. The van der Waals surface area contributed by atoms with Crippen LogP contribution in [0.1, 0.15) is 41.0 Å². The molecule has 12 heteroatoms. The molecule has 2 aromatic rings. The number of methoxy groups -OCH3 is 1. The lowest BCUT2D eigenvalue weighted by Crippen LogP contribution is -2.54. The van der Waals surface area contributed by atoms with Crippen LogP contribution in [0.25, 0.3) is 0 Å². The van der Waals surface area contributed by atoms with Gasteiger partial charge in [-0.25, -0.2) is 13.8 Å². The number of carbonyl (C=O) groups is 1. The first-order chi connectivity index (χ1) is 17.5. The van der Waals surface area contributed by atoms with Crippen molar-refractivity contribution >= 4 is 5.91 Å². The number of hydrogen-bond donors (Lipinski definition) is 0. The quantitative estimate of drug-likeness (QED) is 0.509. The Morgan fingerprint density at radius 2 is 1.97 bits per heavy atom. The molecular weight excluding hydrogens is 503 g/mol. The Bertz CT molecular complexity index is 1170. The maximum absolute atomic E-state index is 13.3. The summed E-state index contributed by atoms with van der Waals surface area (Å²) in [6, 6.07) is 8.27. The van der Waals surface area contributed by atoms with Gasteiger partial charge in [0.25, 0.3) is 5.91 Å². The van der Waals surface area contributed by atoms with Gasteiger partial charge in [0, 0.05) is 37.3 Å². The van der Waals surface area contributed by atoms with E-state index in [9.17, 15) is 26.7 Å². The Balaban J connectivity index is 1.28. The Morgan fingerprint density at radius 3 is 2.68 bits per heavy atom. The number of aromatic nitrogens is 1. The van der Waals surface area contributed by atoms with E-state index in [1.54, 1.807) is 12.1 Å². The summed E-state index contributed by atoms with van der Waals surface area (Å²) in [6.07, 6.45) is -5.54. The number of piperidine rings is 1. The SMILES string of the molecule is COc1cc(C(=O)N2CCC3(c4cccc(C(F)(F)F)n4)OCOC3C2)ccc1OCC1CC(F)(F)C1. The van der Waals surface area contributed by atoms with Gasteiger partial charge in [0.2, 0.25) is 5.92 Å². The normalized spacial score (nSPS) is 25.4. The molecule has 2 unspecified atom stereocenters. The molecule has 1 aromatic carbocycles. The monoisotopic (exact) mass is 528 g/mol. The minimum atomic E-state index is -4.60. The summed E-state index contributed by atoms with van der Waals surface area (Å²) in [5, 5.41) is 0. The van der Waals surface area contributed by atoms with E-state index in [0.29, 0.717) is 11.3 Å². The second kappa shape index (κ2) is 9.39. The van der Waals surface area contributed by atoms with Crippen molar-refractivity contribution in [2.45, 2.75) is 43.1 Å². The number of benzene rings is 1. The van der Waals surface area contributed by atoms with E-state index in [2.05, 4.69) is 4.98 Å². The summed E-state index contributed by atoms with van der Waals surface area (Å²) in [6.45, 7) is 0.285. The van der Waals surface area contributed by atoms with Crippen molar-refractivity contribution < 1.29 is 45.7 Å². The first kappa shape index (κ1) is 25.7. The van der Waals surface area contributed by atoms with Crippen molar-refractivity contribution in [3.63, 3.8) is 0 Å². The summed E-state index contributed by atoms with van der Waals surface area (Å²) in [4.78, 5) is 18.6. The number of likely N-dealkylation sites (tertiary alicyclic amines) is 1. The number of amides is 1. The molecule has 1 amide bonds. The largest absolute Gasteiger partial charge is 0.493 e. The second-order valence-corrected chi connectivity index (χ2v) is 9.52. The molecule has 3 fully saturated rings. The molecule has 200 valence electrons. The Morgan fingerprint density at radius 1 is 1.19 bits per heavy atom. The van der Waals surface area contributed by atoms with Crippen LogP contribution in [0.15, 0.2) is 36.4 Å². The van der Waals surface area contributed by atoms with Crippen LogP contribution in [0, 0.1) is 5.92 Å². The van der Waals surface area contributed by atoms with Crippen LogP contribution in [0.5, 0.6) is 11.5 Å². The average Bonchev–Trinajstić information content (AvgIpc) is 3.29. The highest BCUT2D eigenvalue weighted by atomic mass is 19.4. The molecule has 2 aliphatic heterocycles. The predicted octanol–water partition coefficient (Wildman–Crippen LogP) is 4.65. The average molecular weight is 528 g/mol. The van der Waals surface area contributed by atoms with Gasteiger partial charge in [0.05, 0.1) is 26.0 Å². The summed E-state index contributed by atoms with van der Waals surface area (Å²) < 4.78 is 88.2. The van der Waals surface area contributed by atoms with Crippen LogP contribution in [0.2, 0.25) is 0 Å². The number of halogens is 5. The molecule has 1 aliphatic carbocycles. The van der Waals surface area contributed by atoms with Crippen LogP contribution < -0.4 is 9.47 Å². The molecule has 7 nitrogen and oxygen atoms in total. The maximum atomic E-state index is 13.3. The predicted molar refractivity (Wildman–Crippen MR) is 118 cm³/mol. The Kier molecular flexibility index (Phi) is 6.51. The van der Waals surface area contributed by atoms with E-state index in [4.69, 9.17) is 18.9 Å². The van der Waals surface area contributed by atoms with Gasteiger partial charge in [-0.3, -0.25) is 4.79 Å². The molecule has 3 aliphatic rings. The highest BCUT2D eigenvalue weighted by molar-refractivity contribution is 5.95. The minimum absolute atomic E-state index is 0.0905. The Labute approximate surface area is 209 Å². The smallest absolute Gasteiger partial charge is 0.433 e. The third-order valence-corrected chi connectivity index (χ3v) is 7.07. The van der Waals surface area contributed by atoms with Gasteiger partial charge in [-0.05, 0) is 30.3 Å². The molecule has 1 saturated carbocycles. The van der Waals surface area contributed by atoms with Gasteiger partial charge in [-0.2, -0.15) is 13.2 Å². The van der Waals surface area contributed by atoms with Crippen LogP contribution >= 0.6 is 0 Å². The van der Waals surface area contributed by atoms with E-state index in [1.807, 2.05) is 0 Å². The lowest BCUT2D eigenvalue weighted by atomic mass is 9.82. The fourth-order valence-corrected chi connectivity index (χ4v) is 5.07. The highest BCUT2D eigenvalue weighted by Crippen LogP contribution is 2.44. The number of rotatable bonds is 6. The van der Waals surface area contributed by atoms with Crippen molar-refractivity contribution in [1.29, 1.82) is 0 Å². The van der Waals surface area contributed by atoms with Gasteiger partial charge in [-0.1, -0.05) is 6.07 Å². The molecule has 37 heavy (non-hydrogen) atoms. The fourth-order valence-electron chi connectivity index (χ4n) is 5.07. The minimum Gasteiger partial charge on any atom is -0.493 e. The van der Waals surface area contributed by atoms with Crippen LogP contribution in [0.4, 0.5) is 22.0 Å². The van der Waals surface area contributed by atoms with Gasteiger partial charge >= 0.3 is 6.18 Å².